The normalized spacial score (nSPS) is 11.1. The Morgan fingerprint density at radius 1 is 1.35 bits per heavy atom. The third-order valence-electron chi connectivity index (χ3n) is 3.04. The third-order valence-corrected chi connectivity index (χ3v) is 3.04. The van der Waals surface area contributed by atoms with Crippen molar-refractivity contribution in [3.05, 3.63) is 53.4 Å². The van der Waals surface area contributed by atoms with Crippen LogP contribution in [0.1, 0.15) is 23.9 Å². The van der Waals surface area contributed by atoms with Crippen molar-refractivity contribution < 1.29 is 4.79 Å². The van der Waals surface area contributed by atoms with Gasteiger partial charge in [0.05, 0.1) is 12.1 Å². The second kappa shape index (κ2) is 6.19. The van der Waals surface area contributed by atoms with E-state index in [-0.39, 0.29) is 5.78 Å². The van der Waals surface area contributed by atoms with Crippen LogP contribution in [0.2, 0.25) is 0 Å². The minimum atomic E-state index is 0.0661. The minimum absolute atomic E-state index is 0.0661. The summed E-state index contributed by atoms with van der Waals surface area (Å²) in [7, 11) is 0. The van der Waals surface area contributed by atoms with Crippen LogP contribution in [0, 0.1) is 6.92 Å². The quantitative estimate of drug-likeness (QED) is 0.670. The molecule has 1 heterocycles. The van der Waals surface area contributed by atoms with Gasteiger partial charge in [-0.05, 0) is 43.7 Å². The number of allylic oxidation sites excluding steroid dienone is 1. The van der Waals surface area contributed by atoms with E-state index in [0.717, 1.165) is 29.2 Å². The molecule has 0 aliphatic carbocycles. The van der Waals surface area contributed by atoms with Crippen molar-refractivity contribution in [2.45, 2.75) is 26.8 Å². The summed E-state index contributed by atoms with van der Waals surface area (Å²) in [4.78, 5) is 12.0. The number of rotatable bonds is 5. The molecule has 1 aromatic heterocycles. The Kier molecular flexibility index (Phi) is 4.35. The molecule has 2 aromatic rings. The average molecular weight is 269 g/mol. The molecule has 0 spiro atoms. The Morgan fingerprint density at radius 2 is 2.05 bits per heavy atom. The number of benzene rings is 1. The molecule has 0 aliphatic rings. The lowest BCUT2D eigenvalue weighted by molar-refractivity contribution is -0.114. The summed E-state index contributed by atoms with van der Waals surface area (Å²) in [5, 5.41) is 4.34. The number of carbonyl (C=O) groups is 1. The first-order valence-corrected chi connectivity index (χ1v) is 6.68. The number of nitrogen functional groups attached to an aromatic ring is 1. The van der Waals surface area contributed by atoms with Crippen molar-refractivity contribution in [1.29, 1.82) is 0 Å². The molecule has 4 nitrogen and oxygen atoms in total. The van der Waals surface area contributed by atoms with Gasteiger partial charge in [-0.2, -0.15) is 5.10 Å². The molecule has 0 atom stereocenters. The van der Waals surface area contributed by atoms with Gasteiger partial charge in [0.15, 0.2) is 5.78 Å². The fraction of sp³-hybridized carbons (Fsp3) is 0.250. The predicted molar refractivity (Wildman–Crippen MR) is 81.2 cm³/mol. The Balaban J connectivity index is 2.03. The number of hydrogen-bond donors (Lipinski definition) is 1. The summed E-state index contributed by atoms with van der Waals surface area (Å²) in [5.74, 6) is 0.0661. The first kappa shape index (κ1) is 14.1. The van der Waals surface area contributed by atoms with Crippen LogP contribution in [0.5, 0.6) is 0 Å². The summed E-state index contributed by atoms with van der Waals surface area (Å²) >= 11 is 0. The van der Waals surface area contributed by atoms with Crippen LogP contribution in [0.15, 0.2) is 36.4 Å². The second-order valence-electron chi connectivity index (χ2n) is 4.74. The molecule has 2 rings (SSSR count). The molecule has 0 fully saturated rings. The van der Waals surface area contributed by atoms with Gasteiger partial charge in [-0.25, -0.2) is 0 Å². The van der Waals surface area contributed by atoms with E-state index >= 15 is 0 Å². The van der Waals surface area contributed by atoms with Gasteiger partial charge in [0.1, 0.15) is 0 Å². The maximum atomic E-state index is 12.0. The fourth-order valence-corrected chi connectivity index (χ4v) is 2.05. The van der Waals surface area contributed by atoms with Gasteiger partial charge in [0.2, 0.25) is 0 Å². The molecular weight excluding hydrogens is 250 g/mol. The largest absolute Gasteiger partial charge is 0.399 e. The summed E-state index contributed by atoms with van der Waals surface area (Å²) in [5.41, 5.74) is 9.20. The molecule has 0 radical (unpaired) electrons. The predicted octanol–water partition coefficient (Wildman–Crippen LogP) is 2.62. The Labute approximate surface area is 118 Å². The van der Waals surface area contributed by atoms with Crippen LogP contribution in [-0.2, 0) is 17.8 Å². The van der Waals surface area contributed by atoms with E-state index in [1.54, 1.807) is 12.2 Å². The molecular formula is C16H19N3O. The van der Waals surface area contributed by atoms with Gasteiger partial charge in [-0.15, -0.1) is 0 Å². The van der Waals surface area contributed by atoms with E-state index in [0.29, 0.717) is 6.42 Å². The first-order valence-electron chi connectivity index (χ1n) is 6.68. The zero-order valence-electron chi connectivity index (χ0n) is 11.8. The lowest BCUT2D eigenvalue weighted by atomic mass is 10.1. The molecule has 1 aromatic carbocycles. The van der Waals surface area contributed by atoms with Crippen LogP contribution in [0.4, 0.5) is 5.69 Å². The molecule has 104 valence electrons. The third kappa shape index (κ3) is 3.57. The van der Waals surface area contributed by atoms with Gasteiger partial charge in [-0.3, -0.25) is 9.48 Å². The zero-order chi connectivity index (χ0) is 14.5. The van der Waals surface area contributed by atoms with Gasteiger partial charge in [0, 0.05) is 17.9 Å². The minimum Gasteiger partial charge on any atom is -0.399 e. The molecule has 0 amide bonds. The fourth-order valence-electron chi connectivity index (χ4n) is 2.05. The van der Waals surface area contributed by atoms with E-state index in [2.05, 4.69) is 5.10 Å². The Bertz CT molecular complexity index is 624. The number of hydrogen-bond acceptors (Lipinski definition) is 3. The maximum absolute atomic E-state index is 12.0. The smallest absolute Gasteiger partial charge is 0.161 e. The topological polar surface area (TPSA) is 60.9 Å². The number of carbonyl (C=O) groups excluding carboxylic acids is 1. The number of nitrogens with two attached hydrogens (primary N) is 1. The summed E-state index contributed by atoms with van der Waals surface area (Å²) in [6.45, 7) is 4.73. The second-order valence-corrected chi connectivity index (χ2v) is 4.74. The van der Waals surface area contributed by atoms with E-state index in [9.17, 15) is 4.79 Å². The summed E-state index contributed by atoms with van der Waals surface area (Å²) < 4.78 is 1.87. The van der Waals surface area contributed by atoms with Crippen LogP contribution in [-0.4, -0.2) is 15.6 Å². The zero-order valence-corrected chi connectivity index (χ0v) is 11.8. The summed E-state index contributed by atoms with van der Waals surface area (Å²) in [6, 6.07) is 9.37. The number of nitrogens with zero attached hydrogens (tertiary/aromatic N) is 2. The highest BCUT2D eigenvalue weighted by atomic mass is 16.1. The van der Waals surface area contributed by atoms with Crippen molar-refractivity contribution in [3.8, 4) is 0 Å². The van der Waals surface area contributed by atoms with Gasteiger partial charge >= 0.3 is 0 Å². The van der Waals surface area contributed by atoms with Gasteiger partial charge < -0.3 is 5.73 Å². The highest BCUT2D eigenvalue weighted by Gasteiger charge is 2.07. The molecule has 0 unspecified atom stereocenters. The lowest BCUT2D eigenvalue weighted by Crippen LogP contribution is -2.07. The molecule has 20 heavy (non-hydrogen) atoms. The maximum Gasteiger partial charge on any atom is 0.161 e. The first-order chi connectivity index (χ1) is 9.58. The number of anilines is 1. The van der Waals surface area contributed by atoms with Crippen molar-refractivity contribution in [2.24, 2.45) is 0 Å². The van der Waals surface area contributed by atoms with Crippen LogP contribution >= 0.6 is 0 Å². The van der Waals surface area contributed by atoms with E-state index < -0.39 is 0 Å². The summed E-state index contributed by atoms with van der Waals surface area (Å²) in [6.07, 6.45) is 3.79. The SMILES string of the molecule is CCn1nc(C)cc1CC(=O)/C=C/c1ccc(N)cc1. The Morgan fingerprint density at radius 3 is 2.70 bits per heavy atom. The van der Waals surface area contributed by atoms with Gasteiger partial charge in [0.25, 0.3) is 0 Å². The van der Waals surface area contributed by atoms with Gasteiger partial charge in [-0.1, -0.05) is 18.2 Å². The van der Waals surface area contributed by atoms with Crippen molar-refractivity contribution in [3.63, 3.8) is 0 Å². The molecule has 0 saturated carbocycles. The monoisotopic (exact) mass is 269 g/mol. The standard InChI is InChI=1S/C16H19N3O/c1-3-19-15(10-12(2)18-19)11-16(20)9-6-13-4-7-14(17)8-5-13/h4-10H,3,11,17H2,1-2H3/b9-6+. The molecule has 0 saturated heterocycles. The number of ketones is 1. The van der Waals surface area contributed by atoms with Crippen LogP contribution < -0.4 is 5.73 Å². The molecule has 0 aliphatic heterocycles. The molecule has 4 heteroatoms. The molecule has 0 bridgehead atoms. The van der Waals surface area contributed by atoms with Crippen LogP contribution in [0.3, 0.4) is 0 Å². The lowest BCUT2D eigenvalue weighted by Gasteiger charge is -2.01. The van der Waals surface area contributed by atoms with Crippen LogP contribution in [0.25, 0.3) is 6.08 Å². The van der Waals surface area contributed by atoms with Crippen molar-refractivity contribution in [2.75, 3.05) is 5.73 Å². The Hall–Kier alpha value is -2.36. The van der Waals surface area contributed by atoms with Crippen molar-refractivity contribution in [1.82, 2.24) is 9.78 Å². The highest BCUT2D eigenvalue weighted by molar-refractivity contribution is 5.94. The van der Waals surface area contributed by atoms with E-state index in [1.807, 2.05) is 48.9 Å². The average Bonchev–Trinajstić information content (AvgIpc) is 2.78. The number of aryl methyl sites for hydroxylation is 2. The van der Waals surface area contributed by atoms with E-state index in [4.69, 9.17) is 5.73 Å². The number of aromatic nitrogens is 2. The highest BCUT2D eigenvalue weighted by Crippen LogP contribution is 2.09. The van der Waals surface area contributed by atoms with Crippen molar-refractivity contribution >= 4 is 17.5 Å². The molecule has 2 N–H and O–H groups in total. The van der Waals surface area contributed by atoms with E-state index in [1.165, 1.54) is 0 Å².